The minimum atomic E-state index is -0.332. The van der Waals surface area contributed by atoms with Crippen molar-refractivity contribution in [2.75, 3.05) is 6.61 Å². The van der Waals surface area contributed by atoms with Crippen molar-refractivity contribution >= 4 is 18.1 Å². The Labute approximate surface area is 69.9 Å². The molecule has 4 heteroatoms. The molecule has 0 fully saturated rings. The van der Waals surface area contributed by atoms with Crippen LogP contribution in [0.1, 0.15) is 13.3 Å². The van der Waals surface area contributed by atoms with E-state index in [0.29, 0.717) is 6.42 Å². The van der Waals surface area contributed by atoms with Crippen LogP contribution in [0.2, 0.25) is 0 Å². The summed E-state index contributed by atoms with van der Waals surface area (Å²) in [5.41, 5.74) is 0.768. The SMILES string of the molecule is CC(=O)OCC1=CCC(=O)N=C1. The minimum Gasteiger partial charge on any atom is -0.461 e. The Hall–Kier alpha value is -1.45. The lowest BCUT2D eigenvalue weighted by Crippen LogP contribution is -2.08. The zero-order chi connectivity index (χ0) is 8.97. The molecule has 4 nitrogen and oxygen atoms in total. The van der Waals surface area contributed by atoms with Gasteiger partial charge in [0.1, 0.15) is 6.61 Å². The quantitative estimate of drug-likeness (QED) is 0.562. The van der Waals surface area contributed by atoms with Gasteiger partial charge in [0.2, 0.25) is 5.91 Å². The van der Waals surface area contributed by atoms with Crippen LogP contribution in [0.25, 0.3) is 0 Å². The number of hydrogen-bond acceptors (Lipinski definition) is 3. The number of esters is 1. The number of hydrogen-bond donors (Lipinski definition) is 0. The average Bonchev–Trinajstić information content (AvgIpc) is 2.03. The van der Waals surface area contributed by atoms with Crippen molar-refractivity contribution in [1.82, 2.24) is 0 Å². The van der Waals surface area contributed by atoms with Crippen LogP contribution in [-0.4, -0.2) is 24.7 Å². The molecule has 12 heavy (non-hydrogen) atoms. The normalized spacial score (nSPS) is 15.8. The van der Waals surface area contributed by atoms with Crippen LogP contribution < -0.4 is 0 Å². The minimum absolute atomic E-state index is 0.165. The van der Waals surface area contributed by atoms with Gasteiger partial charge in [0.15, 0.2) is 0 Å². The highest BCUT2D eigenvalue weighted by molar-refractivity contribution is 5.95. The summed E-state index contributed by atoms with van der Waals surface area (Å²) in [6.07, 6.45) is 3.43. The predicted octanol–water partition coefficient (Wildman–Crippen LogP) is 0.477. The van der Waals surface area contributed by atoms with Crippen LogP contribution in [0.4, 0.5) is 0 Å². The fourth-order valence-electron chi connectivity index (χ4n) is 0.760. The fourth-order valence-corrected chi connectivity index (χ4v) is 0.760. The van der Waals surface area contributed by atoms with Gasteiger partial charge >= 0.3 is 5.97 Å². The lowest BCUT2D eigenvalue weighted by Gasteiger charge is -2.04. The van der Waals surface area contributed by atoms with E-state index in [4.69, 9.17) is 4.74 Å². The second kappa shape index (κ2) is 3.80. The zero-order valence-corrected chi connectivity index (χ0v) is 6.74. The van der Waals surface area contributed by atoms with Gasteiger partial charge in [0.25, 0.3) is 0 Å². The largest absolute Gasteiger partial charge is 0.461 e. The van der Waals surface area contributed by atoms with E-state index in [-0.39, 0.29) is 18.5 Å². The first kappa shape index (κ1) is 8.64. The van der Waals surface area contributed by atoms with E-state index in [9.17, 15) is 9.59 Å². The Morgan fingerprint density at radius 3 is 3.00 bits per heavy atom. The summed E-state index contributed by atoms with van der Waals surface area (Å²) < 4.78 is 4.71. The number of carbonyl (C=O) groups excluding carboxylic acids is 2. The maximum absolute atomic E-state index is 10.6. The topological polar surface area (TPSA) is 55.7 Å². The third-order valence-electron chi connectivity index (χ3n) is 1.36. The Morgan fingerprint density at radius 2 is 2.50 bits per heavy atom. The number of amides is 1. The first-order valence-electron chi connectivity index (χ1n) is 3.58. The molecule has 0 radical (unpaired) electrons. The molecule has 0 aromatic rings. The first-order chi connectivity index (χ1) is 5.68. The van der Waals surface area contributed by atoms with E-state index in [1.165, 1.54) is 13.1 Å². The van der Waals surface area contributed by atoms with E-state index in [2.05, 4.69) is 4.99 Å². The summed E-state index contributed by atoms with van der Waals surface area (Å²) in [5, 5.41) is 0. The van der Waals surface area contributed by atoms with Gasteiger partial charge in [-0.3, -0.25) is 9.59 Å². The lowest BCUT2D eigenvalue weighted by molar-refractivity contribution is -0.139. The van der Waals surface area contributed by atoms with Gasteiger partial charge in [-0.25, -0.2) is 4.99 Å². The first-order valence-corrected chi connectivity index (χ1v) is 3.58. The highest BCUT2D eigenvalue weighted by Gasteiger charge is 2.05. The molecule has 0 bridgehead atoms. The molecule has 0 aromatic heterocycles. The van der Waals surface area contributed by atoms with Crippen molar-refractivity contribution in [2.24, 2.45) is 4.99 Å². The molecule has 1 aliphatic rings. The maximum Gasteiger partial charge on any atom is 0.302 e. The highest BCUT2D eigenvalue weighted by Crippen LogP contribution is 2.02. The molecule has 0 atom stereocenters. The molecule has 64 valence electrons. The van der Waals surface area contributed by atoms with E-state index in [1.807, 2.05) is 0 Å². The van der Waals surface area contributed by atoms with Gasteiger partial charge in [-0.05, 0) is 0 Å². The summed E-state index contributed by atoms with van der Waals surface area (Å²) in [6, 6.07) is 0. The van der Waals surface area contributed by atoms with E-state index in [1.54, 1.807) is 6.08 Å². The number of dihydropyridines is 1. The third kappa shape index (κ3) is 2.65. The van der Waals surface area contributed by atoms with Crippen LogP contribution in [0, 0.1) is 0 Å². The number of ether oxygens (including phenoxy) is 1. The smallest absolute Gasteiger partial charge is 0.302 e. The Bertz CT molecular complexity index is 265. The Morgan fingerprint density at radius 1 is 1.75 bits per heavy atom. The van der Waals surface area contributed by atoms with E-state index < -0.39 is 0 Å². The predicted molar refractivity (Wildman–Crippen MR) is 42.8 cm³/mol. The number of nitrogens with zero attached hydrogens (tertiary/aromatic N) is 1. The summed E-state index contributed by atoms with van der Waals surface area (Å²) in [6.45, 7) is 1.54. The van der Waals surface area contributed by atoms with Gasteiger partial charge in [0.05, 0.1) is 0 Å². The number of aliphatic imine (C=N–C) groups is 1. The molecule has 0 unspecified atom stereocenters. The van der Waals surface area contributed by atoms with Crippen LogP contribution in [0.5, 0.6) is 0 Å². The van der Waals surface area contributed by atoms with Crippen LogP contribution >= 0.6 is 0 Å². The monoisotopic (exact) mass is 167 g/mol. The van der Waals surface area contributed by atoms with Gasteiger partial charge in [-0.15, -0.1) is 0 Å². The van der Waals surface area contributed by atoms with E-state index >= 15 is 0 Å². The Kier molecular flexibility index (Phi) is 2.74. The van der Waals surface area contributed by atoms with Crippen molar-refractivity contribution in [2.45, 2.75) is 13.3 Å². The third-order valence-corrected chi connectivity index (χ3v) is 1.36. The van der Waals surface area contributed by atoms with E-state index in [0.717, 1.165) is 5.57 Å². The molecule has 0 spiro atoms. The molecule has 0 aromatic carbocycles. The zero-order valence-electron chi connectivity index (χ0n) is 6.74. The summed E-state index contributed by atoms with van der Waals surface area (Å²) >= 11 is 0. The van der Waals surface area contributed by atoms with Crippen molar-refractivity contribution in [3.63, 3.8) is 0 Å². The molecule has 0 saturated carbocycles. The highest BCUT2D eigenvalue weighted by atomic mass is 16.5. The summed E-state index contributed by atoms with van der Waals surface area (Å²) in [7, 11) is 0. The van der Waals surface area contributed by atoms with Crippen LogP contribution in [0.3, 0.4) is 0 Å². The standard InChI is InChI=1S/C8H9NO3/c1-6(10)12-5-7-2-3-8(11)9-4-7/h2,4H,3,5H2,1H3. The van der Waals surface area contributed by atoms with Gasteiger partial charge in [-0.2, -0.15) is 0 Å². The van der Waals surface area contributed by atoms with Crippen molar-refractivity contribution in [3.05, 3.63) is 11.6 Å². The van der Waals surface area contributed by atoms with Crippen molar-refractivity contribution in [3.8, 4) is 0 Å². The molecule has 0 aliphatic carbocycles. The average molecular weight is 167 g/mol. The maximum atomic E-state index is 10.6. The summed E-state index contributed by atoms with van der Waals surface area (Å²) in [5.74, 6) is -0.497. The number of rotatable bonds is 2. The summed E-state index contributed by atoms with van der Waals surface area (Å²) in [4.78, 5) is 24.6. The number of carbonyl (C=O) groups is 2. The van der Waals surface area contributed by atoms with Gasteiger partial charge < -0.3 is 4.74 Å². The lowest BCUT2D eigenvalue weighted by atomic mass is 10.2. The fraction of sp³-hybridized carbons (Fsp3) is 0.375. The van der Waals surface area contributed by atoms with Crippen LogP contribution in [0.15, 0.2) is 16.6 Å². The molecule has 1 aliphatic heterocycles. The molecular formula is C8H9NO3. The van der Waals surface area contributed by atoms with Crippen molar-refractivity contribution in [1.29, 1.82) is 0 Å². The molecule has 1 amide bonds. The molecule has 1 rings (SSSR count). The molecular weight excluding hydrogens is 158 g/mol. The Balaban J connectivity index is 2.40. The molecule has 1 heterocycles. The van der Waals surface area contributed by atoms with Gasteiger partial charge in [-0.1, -0.05) is 6.08 Å². The van der Waals surface area contributed by atoms with Crippen LogP contribution in [-0.2, 0) is 14.3 Å². The second-order valence-electron chi connectivity index (χ2n) is 2.42. The van der Waals surface area contributed by atoms with Gasteiger partial charge in [0, 0.05) is 25.1 Å². The molecule has 0 saturated heterocycles. The molecule has 0 N–H and O–H groups in total. The second-order valence-corrected chi connectivity index (χ2v) is 2.42. The van der Waals surface area contributed by atoms with Crippen molar-refractivity contribution < 1.29 is 14.3 Å².